The van der Waals surface area contributed by atoms with Crippen LogP contribution in [0.2, 0.25) is 0 Å². The highest BCUT2D eigenvalue weighted by Gasteiger charge is 2.17. The predicted molar refractivity (Wildman–Crippen MR) is 78.8 cm³/mol. The van der Waals surface area contributed by atoms with E-state index < -0.39 is 23.5 Å². The van der Waals surface area contributed by atoms with Gasteiger partial charge in [-0.25, -0.2) is 0 Å². The van der Waals surface area contributed by atoms with Crippen LogP contribution < -0.4 is 5.43 Å². The molecular weight excluding hydrogens is 288 g/mol. The Morgan fingerprint density at radius 3 is 2.27 bits per heavy atom. The maximum atomic E-state index is 12.2. The minimum absolute atomic E-state index is 0.0509. The highest BCUT2D eigenvalue weighted by molar-refractivity contribution is 5.88. The minimum atomic E-state index is -0.618. The first-order valence-corrected chi connectivity index (χ1v) is 6.43. The Balaban J connectivity index is 2.30. The Morgan fingerprint density at radius 1 is 0.955 bits per heavy atom. The van der Waals surface area contributed by atoms with Gasteiger partial charge in [0.15, 0.2) is 16.9 Å². The summed E-state index contributed by atoms with van der Waals surface area (Å²) in [6.07, 6.45) is 0. The number of rotatable bonds is 2. The molecule has 0 radical (unpaired) electrons. The summed E-state index contributed by atoms with van der Waals surface area (Å²) >= 11 is 0. The first kappa shape index (κ1) is 14.0. The summed E-state index contributed by atoms with van der Waals surface area (Å²) in [6, 6.07) is 8.54. The molecule has 22 heavy (non-hydrogen) atoms. The number of aliphatic hydroxyl groups excluding tert-OH is 1. The van der Waals surface area contributed by atoms with E-state index in [1.807, 2.05) is 0 Å². The van der Waals surface area contributed by atoms with Crippen molar-refractivity contribution in [2.75, 3.05) is 0 Å². The van der Waals surface area contributed by atoms with Gasteiger partial charge in [-0.3, -0.25) is 4.79 Å². The van der Waals surface area contributed by atoms with Crippen LogP contribution in [-0.4, -0.2) is 20.4 Å². The van der Waals surface area contributed by atoms with Crippen LogP contribution in [-0.2, 0) is 6.61 Å². The molecule has 0 amide bonds. The van der Waals surface area contributed by atoms with Crippen LogP contribution in [0.1, 0.15) is 5.56 Å². The van der Waals surface area contributed by atoms with Crippen molar-refractivity contribution < 1.29 is 24.8 Å². The second kappa shape index (κ2) is 5.09. The molecule has 4 N–H and O–H groups in total. The molecular formula is C16H12O6. The average molecular weight is 300 g/mol. The van der Waals surface area contributed by atoms with E-state index >= 15 is 0 Å². The van der Waals surface area contributed by atoms with E-state index in [1.165, 1.54) is 24.3 Å². The number of hydrogen-bond acceptors (Lipinski definition) is 6. The maximum Gasteiger partial charge on any atom is 0.197 e. The standard InChI is InChI=1S/C16H12O6/c17-7-9-5-13-14(16(21)15(9)20)11(19)6-12(22-13)8-1-3-10(18)4-2-8/h1-6,17-18,20-21H,7H2. The summed E-state index contributed by atoms with van der Waals surface area (Å²) in [5.74, 6) is -0.837. The van der Waals surface area contributed by atoms with Gasteiger partial charge in [0.05, 0.1) is 6.61 Å². The zero-order chi connectivity index (χ0) is 15.9. The minimum Gasteiger partial charge on any atom is -0.508 e. The van der Waals surface area contributed by atoms with Crippen molar-refractivity contribution in [2.24, 2.45) is 0 Å². The lowest BCUT2D eigenvalue weighted by Gasteiger charge is -2.08. The summed E-state index contributed by atoms with van der Waals surface area (Å²) in [7, 11) is 0. The Morgan fingerprint density at radius 2 is 1.64 bits per heavy atom. The second-order valence-electron chi connectivity index (χ2n) is 4.79. The molecule has 0 aliphatic carbocycles. The predicted octanol–water partition coefficient (Wildman–Crippen LogP) is 2.07. The van der Waals surface area contributed by atoms with Crippen LogP contribution in [0.5, 0.6) is 17.2 Å². The van der Waals surface area contributed by atoms with Gasteiger partial charge < -0.3 is 24.8 Å². The van der Waals surface area contributed by atoms with Gasteiger partial charge >= 0.3 is 0 Å². The van der Waals surface area contributed by atoms with Crippen LogP contribution >= 0.6 is 0 Å². The second-order valence-corrected chi connectivity index (χ2v) is 4.79. The van der Waals surface area contributed by atoms with Crippen LogP contribution in [0.25, 0.3) is 22.3 Å². The normalized spacial score (nSPS) is 11.0. The molecule has 0 saturated carbocycles. The SMILES string of the molecule is O=c1cc(-c2ccc(O)cc2)oc2cc(CO)c(O)c(O)c12. The third-order valence-electron chi connectivity index (χ3n) is 3.37. The molecule has 112 valence electrons. The highest BCUT2D eigenvalue weighted by atomic mass is 16.3. The number of phenols is 3. The van der Waals surface area contributed by atoms with Crippen LogP contribution in [0, 0.1) is 0 Å². The molecule has 0 fully saturated rings. The summed E-state index contributed by atoms with van der Waals surface area (Å²) in [5.41, 5.74) is 0.141. The van der Waals surface area contributed by atoms with E-state index in [1.54, 1.807) is 12.1 Å². The van der Waals surface area contributed by atoms with E-state index in [9.17, 15) is 20.1 Å². The third kappa shape index (κ3) is 2.15. The Kier molecular flexibility index (Phi) is 3.23. The molecule has 3 rings (SSSR count). The fourth-order valence-corrected chi connectivity index (χ4v) is 2.23. The van der Waals surface area contributed by atoms with E-state index in [2.05, 4.69) is 0 Å². The van der Waals surface area contributed by atoms with Gasteiger partial charge in [-0.15, -0.1) is 0 Å². The first-order chi connectivity index (χ1) is 10.5. The first-order valence-electron chi connectivity index (χ1n) is 6.43. The largest absolute Gasteiger partial charge is 0.508 e. The van der Waals surface area contributed by atoms with E-state index in [0.717, 1.165) is 0 Å². The molecule has 0 aliphatic rings. The van der Waals surface area contributed by atoms with Gasteiger partial charge in [-0.05, 0) is 30.3 Å². The van der Waals surface area contributed by atoms with Gasteiger partial charge in [0, 0.05) is 17.2 Å². The number of aliphatic hydroxyl groups is 1. The van der Waals surface area contributed by atoms with Gasteiger partial charge in [0.1, 0.15) is 22.5 Å². The maximum absolute atomic E-state index is 12.2. The lowest BCUT2D eigenvalue weighted by Crippen LogP contribution is -2.02. The Bertz CT molecular complexity index is 909. The number of benzene rings is 2. The molecule has 0 saturated heterocycles. The molecule has 0 unspecified atom stereocenters. The molecule has 1 aromatic heterocycles. The van der Waals surface area contributed by atoms with Crippen molar-refractivity contribution in [3.8, 4) is 28.6 Å². The van der Waals surface area contributed by atoms with Crippen molar-refractivity contribution >= 4 is 11.0 Å². The van der Waals surface area contributed by atoms with E-state index in [0.29, 0.717) is 5.56 Å². The lowest BCUT2D eigenvalue weighted by atomic mass is 10.1. The van der Waals surface area contributed by atoms with Crippen molar-refractivity contribution in [1.82, 2.24) is 0 Å². The highest BCUT2D eigenvalue weighted by Crippen LogP contribution is 2.36. The number of hydrogen-bond donors (Lipinski definition) is 4. The Labute approximate surface area is 124 Å². The summed E-state index contributed by atoms with van der Waals surface area (Å²) < 4.78 is 5.58. The quantitative estimate of drug-likeness (QED) is 0.539. The fourth-order valence-electron chi connectivity index (χ4n) is 2.23. The van der Waals surface area contributed by atoms with Gasteiger partial charge in [0.2, 0.25) is 0 Å². The summed E-state index contributed by atoms with van der Waals surface area (Å²) in [4.78, 5) is 12.2. The molecule has 0 spiro atoms. The van der Waals surface area contributed by atoms with Gasteiger partial charge in [-0.1, -0.05) is 0 Å². The average Bonchev–Trinajstić information content (AvgIpc) is 2.51. The Hall–Kier alpha value is -2.99. The lowest BCUT2D eigenvalue weighted by molar-refractivity contribution is 0.273. The summed E-state index contributed by atoms with van der Waals surface area (Å²) in [5, 5.41) is 37.9. The smallest absolute Gasteiger partial charge is 0.197 e. The molecule has 3 aromatic rings. The summed E-state index contributed by atoms with van der Waals surface area (Å²) in [6.45, 7) is -0.511. The zero-order valence-corrected chi connectivity index (χ0v) is 11.3. The van der Waals surface area contributed by atoms with Crippen LogP contribution in [0.3, 0.4) is 0 Å². The molecule has 0 aliphatic heterocycles. The van der Waals surface area contributed by atoms with Crippen LogP contribution in [0.4, 0.5) is 0 Å². The van der Waals surface area contributed by atoms with Crippen molar-refractivity contribution in [1.29, 1.82) is 0 Å². The fraction of sp³-hybridized carbons (Fsp3) is 0.0625. The van der Waals surface area contributed by atoms with Gasteiger partial charge in [-0.2, -0.15) is 0 Å². The number of fused-ring (bicyclic) bond motifs is 1. The van der Waals surface area contributed by atoms with Gasteiger partial charge in [0.25, 0.3) is 0 Å². The van der Waals surface area contributed by atoms with E-state index in [-0.39, 0.29) is 28.0 Å². The zero-order valence-electron chi connectivity index (χ0n) is 11.3. The van der Waals surface area contributed by atoms with Crippen molar-refractivity contribution in [2.45, 2.75) is 6.61 Å². The molecule has 2 aromatic carbocycles. The number of aromatic hydroxyl groups is 3. The topological polar surface area (TPSA) is 111 Å². The molecule has 6 nitrogen and oxygen atoms in total. The van der Waals surface area contributed by atoms with Crippen molar-refractivity contribution in [3.05, 3.63) is 52.2 Å². The third-order valence-corrected chi connectivity index (χ3v) is 3.37. The monoisotopic (exact) mass is 300 g/mol. The molecule has 0 bridgehead atoms. The van der Waals surface area contributed by atoms with Crippen LogP contribution in [0.15, 0.2) is 45.6 Å². The van der Waals surface area contributed by atoms with Crippen molar-refractivity contribution in [3.63, 3.8) is 0 Å². The molecule has 1 heterocycles. The molecule has 0 atom stereocenters. The molecule has 6 heteroatoms. The number of phenolic OH excluding ortho intramolecular Hbond substituents is 2. The van der Waals surface area contributed by atoms with E-state index in [4.69, 9.17) is 9.52 Å².